The number of hydrogen-bond acceptors (Lipinski definition) is 2. The summed E-state index contributed by atoms with van der Waals surface area (Å²) in [7, 11) is 0. The van der Waals surface area contributed by atoms with Crippen LogP contribution >= 0.6 is 34.2 Å². The van der Waals surface area contributed by atoms with E-state index >= 15 is 0 Å². The Hall–Kier alpha value is 0.130. The summed E-state index contributed by atoms with van der Waals surface area (Å²) >= 11 is 8.14. The minimum atomic E-state index is 0.573. The first-order valence-electron chi connectivity index (χ1n) is 4.29. The summed E-state index contributed by atoms with van der Waals surface area (Å²) < 4.78 is 1.18. The Bertz CT molecular complexity index is 310. The highest BCUT2D eigenvalue weighted by molar-refractivity contribution is 14.1. The molecule has 2 nitrogen and oxygen atoms in total. The van der Waals surface area contributed by atoms with Gasteiger partial charge >= 0.3 is 0 Å². The van der Waals surface area contributed by atoms with Crippen molar-refractivity contribution in [3.8, 4) is 0 Å². The van der Waals surface area contributed by atoms with Gasteiger partial charge in [-0.25, -0.2) is 0 Å². The van der Waals surface area contributed by atoms with E-state index in [4.69, 9.17) is 11.6 Å². The van der Waals surface area contributed by atoms with Gasteiger partial charge in [-0.1, -0.05) is 11.6 Å². The number of hydrogen-bond donors (Lipinski definition) is 1. The van der Waals surface area contributed by atoms with Gasteiger partial charge in [-0.3, -0.25) is 4.98 Å². The summed E-state index contributed by atoms with van der Waals surface area (Å²) in [6, 6.07) is 1.97. The molecule has 13 heavy (non-hydrogen) atoms. The lowest BCUT2D eigenvalue weighted by Gasteiger charge is -2.09. The van der Waals surface area contributed by atoms with Crippen LogP contribution in [0, 0.1) is 3.57 Å². The van der Waals surface area contributed by atoms with E-state index in [2.05, 4.69) is 32.9 Å². The van der Waals surface area contributed by atoms with Crippen molar-refractivity contribution in [3.63, 3.8) is 0 Å². The minimum absolute atomic E-state index is 0.573. The third-order valence-electron chi connectivity index (χ3n) is 2.28. The lowest BCUT2D eigenvalue weighted by molar-refractivity contribution is 0.730. The van der Waals surface area contributed by atoms with E-state index in [0.717, 1.165) is 18.1 Å². The van der Waals surface area contributed by atoms with Gasteiger partial charge in [0.05, 0.1) is 10.7 Å². The van der Waals surface area contributed by atoms with Crippen LogP contribution in [0.25, 0.3) is 0 Å². The van der Waals surface area contributed by atoms with E-state index in [9.17, 15) is 0 Å². The predicted molar refractivity (Wildman–Crippen MR) is 62.2 cm³/mol. The Balaban J connectivity index is 2.29. The molecule has 1 unspecified atom stereocenters. The van der Waals surface area contributed by atoms with E-state index in [1.807, 2.05) is 6.07 Å². The summed E-state index contributed by atoms with van der Waals surface area (Å²) in [6.45, 7) is 2.15. The summed E-state index contributed by atoms with van der Waals surface area (Å²) in [5.74, 6) is 0.573. The monoisotopic (exact) mass is 308 g/mol. The van der Waals surface area contributed by atoms with Crippen LogP contribution in [0.2, 0.25) is 5.02 Å². The van der Waals surface area contributed by atoms with Crippen LogP contribution < -0.4 is 5.32 Å². The summed E-state index contributed by atoms with van der Waals surface area (Å²) in [5, 5.41) is 4.06. The quantitative estimate of drug-likeness (QED) is 0.806. The number of pyridine rings is 1. The fourth-order valence-corrected chi connectivity index (χ4v) is 2.87. The summed E-state index contributed by atoms with van der Waals surface area (Å²) in [5.41, 5.74) is 1.19. The van der Waals surface area contributed by atoms with Gasteiger partial charge in [-0.15, -0.1) is 0 Å². The summed E-state index contributed by atoms with van der Waals surface area (Å²) in [6.07, 6.45) is 2.92. The Morgan fingerprint density at radius 1 is 1.62 bits per heavy atom. The summed E-state index contributed by atoms with van der Waals surface area (Å²) in [4.78, 5) is 4.38. The maximum atomic E-state index is 5.84. The maximum Gasteiger partial charge on any atom is 0.0600 e. The molecular weight excluding hydrogens is 298 g/mol. The van der Waals surface area contributed by atoms with Crippen LogP contribution in [0.5, 0.6) is 0 Å². The predicted octanol–water partition coefficient (Wildman–Crippen LogP) is 2.42. The maximum absolute atomic E-state index is 5.84. The molecule has 0 aromatic carbocycles. The minimum Gasteiger partial charge on any atom is -0.316 e. The zero-order valence-electron chi connectivity index (χ0n) is 7.06. The lowest BCUT2D eigenvalue weighted by atomic mass is 10.0. The molecule has 4 heteroatoms. The second-order valence-electron chi connectivity index (χ2n) is 3.21. The molecule has 0 spiro atoms. The first kappa shape index (κ1) is 9.68. The second-order valence-corrected chi connectivity index (χ2v) is 4.81. The molecule has 0 saturated carbocycles. The molecule has 0 aliphatic carbocycles. The molecular formula is C9H10ClIN2. The Morgan fingerprint density at radius 2 is 2.46 bits per heavy atom. The zero-order chi connectivity index (χ0) is 9.26. The number of aromatic nitrogens is 1. The Labute approximate surface area is 96.2 Å². The van der Waals surface area contributed by atoms with Gasteiger partial charge in [-0.05, 0) is 41.6 Å². The molecule has 1 aliphatic heterocycles. The van der Waals surface area contributed by atoms with Gasteiger partial charge in [0.1, 0.15) is 0 Å². The van der Waals surface area contributed by atoms with E-state index in [0.29, 0.717) is 5.92 Å². The van der Waals surface area contributed by atoms with Crippen molar-refractivity contribution in [2.75, 3.05) is 13.1 Å². The molecule has 1 saturated heterocycles. The largest absolute Gasteiger partial charge is 0.316 e. The van der Waals surface area contributed by atoms with Crippen molar-refractivity contribution in [3.05, 3.63) is 26.5 Å². The van der Waals surface area contributed by atoms with Crippen LogP contribution in [0.15, 0.2) is 12.3 Å². The molecule has 2 rings (SSSR count). The van der Waals surface area contributed by atoms with E-state index in [1.54, 1.807) is 6.20 Å². The van der Waals surface area contributed by atoms with Crippen molar-refractivity contribution in [1.29, 1.82) is 0 Å². The molecule has 1 aliphatic rings. The van der Waals surface area contributed by atoms with Gasteiger partial charge in [0.15, 0.2) is 0 Å². The fourth-order valence-electron chi connectivity index (χ4n) is 1.61. The molecule has 0 amide bonds. The van der Waals surface area contributed by atoms with Crippen LogP contribution in [-0.2, 0) is 0 Å². The molecule has 2 heterocycles. The number of halogens is 2. The highest BCUT2D eigenvalue weighted by atomic mass is 127. The van der Waals surface area contributed by atoms with Crippen molar-refractivity contribution in [2.24, 2.45) is 0 Å². The third kappa shape index (κ3) is 2.14. The number of rotatable bonds is 1. The highest BCUT2D eigenvalue weighted by Gasteiger charge is 2.19. The third-order valence-corrected chi connectivity index (χ3v) is 3.35. The van der Waals surface area contributed by atoms with Crippen molar-refractivity contribution in [2.45, 2.75) is 12.3 Å². The molecule has 70 valence electrons. The van der Waals surface area contributed by atoms with Gasteiger partial charge in [0, 0.05) is 22.2 Å². The number of nitrogens with zero attached hydrogens (tertiary/aromatic N) is 1. The standard InChI is InChI=1S/C9H10ClIN2/c10-7-3-8(11)9(13-5-7)6-1-2-12-4-6/h3,5-6,12H,1-2,4H2. The van der Waals surface area contributed by atoms with E-state index < -0.39 is 0 Å². The molecule has 0 radical (unpaired) electrons. The smallest absolute Gasteiger partial charge is 0.0600 e. The van der Waals surface area contributed by atoms with Crippen LogP contribution in [0.1, 0.15) is 18.0 Å². The highest BCUT2D eigenvalue weighted by Crippen LogP contribution is 2.26. The fraction of sp³-hybridized carbons (Fsp3) is 0.444. The lowest BCUT2D eigenvalue weighted by Crippen LogP contribution is -2.09. The number of nitrogens with one attached hydrogen (secondary N) is 1. The molecule has 1 aromatic heterocycles. The Kier molecular flexibility index (Phi) is 3.06. The van der Waals surface area contributed by atoms with Crippen LogP contribution in [0.4, 0.5) is 0 Å². The first-order valence-corrected chi connectivity index (χ1v) is 5.74. The van der Waals surface area contributed by atoms with Gasteiger partial charge < -0.3 is 5.32 Å². The normalized spacial score (nSPS) is 22.2. The van der Waals surface area contributed by atoms with Crippen molar-refractivity contribution in [1.82, 2.24) is 10.3 Å². The molecule has 1 aromatic rings. The van der Waals surface area contributed by atoms with Gasteiger partial charge in [0.25, 0.3) is 0 Å². The SMILES string of the molecule is Clc1cnc(C2CCNC2)c(I)c1. The van der Waals surface area contributed by atoms with Crippen LogP contribution in [-0.4, -0.2) is 18.1 Å². The van der Waals surface area contributed by atoms with E-state index in [-0.39, 0.29) is 0 Å². The molecule has 1 fully saturated rings. The average Bonchev–Trinajstić information content (AvgIpc) is 2.56. The zero-order valence-corrected chi connectivity index (χ0v) is 9.97. The van der Waals surface area contributed by atoms with Gasteiger partial charge in [-0.2, -0.15) is 0 Å². The topological polar surface area (TPSA) is 24.9 Å². The van der Waals surface area contributed by atoms with Crippen molar-refractivity contribution >= 4 is 34.2 Å². The average molecular weight is 309 g/mol. The molecule has 0 bridgehead atoms. The Morgan fingerprint density at radius 3 is 3.08 bits per heavy atom. The first-order chi connectivity index (χ1) is 6.27. The van der Waals surface area contributed by atoms with Gasteiger partial charge in [0.2, 0.25) is 0 Å². The second kappa shape index (κ2) is 4.11. The van der Waals surface area contributed by atoms with Crippen molar-refractivity contribution < 1.29 is 0 Å². The van der Waals surface area contributed by atoms with E-state index in [1.165, 1.54) is 15.7 Å². The van der Waals surface area contributed by atoms with Crippen LogP contribution in [0.3, 0.4) is 0 Å². The molecule has 1 N–H and O–H groups in total. The molecule has 1 atom stereocenters.